The fourth-order valence-corrected chi connectivity index (χ4v) is 5.63. The number of piperazine rings is 1. The molecule has 226 valence electrons. The molecule has 43 heavy (non-hydrogen) atoms. The number of amides is 2. The van der Waals surface area contributed by atoms with E-state index in [9.17, 15) is 14.7 Å². The van der Waals surface area contributed by atoms with Crippen molar-refractivity contribution in [2.24, 2.45) is 5.10 Å². The summed E-state index contributed by atoms with van der Waals surface area (Å²) in [6, 6.07) is 21.2. The van der Waals surface area contributed by atoms with Gasteiger partial charge in [0.05, 0.1) is 24.1 Å². The molecule has 0 atom stereocenters. The van der Waals surface area contributed by atoms with Crippen LogP contribution in [0.4, 0.5) is 11.4 Å². The summed E-state index contributed by atoms with van der Waals surface area (Å²) in [7, 11) is 0. The standard InChI is InChI=1S/C34H42N6O3/c1-26-8-10-27(11-9-26)24-35-37-34(43)31-23-30(40-14-3-2-4-15-40)12-13-32(31)36-33(42)29-7-5-6-28(22-29)25-39-18-16-38(17-19-39)20-21-41/h5-13,22-24,41H,2-4,14-21,25H2,1H3,(H,36,42)(H,37,43). The highest BCUT2D eigenvalue weighted by Gasteiger charge is 2.20. The summed E-state index contributed by atoms with van der Waals surface area (Å²) < 4.78 is 0. The van der Waals surface area contributed by atoms with Crippen molar-refractivity contribution in [2.75, 3.05) is 62.6 Å². The third-order valence-electron chi connectivity index (χ3n) is 8.15. The summed E-state index contributed by atoms with van der Waals surface area (Å²) in [4.78, 5) is 33.7. The molecule has 2 aliphatic rings. The minimum absolute atomic E-state index is 0.183. The SMILES string of the molecule is Cc1ccc(C=NNC(=O)c2cc(N3CCCCC3)ccc2NC(=O)c2cccc(CN3CCN(CCO)CC3)c2)cc1. The van der Waals surface area contributed by atoms with Crippen LogP contribution >= 0.6 is 0 Å². The van der Waals surface area contributed by atoms with Crippen LogP contribution in [-0.2, 0) is 6.54 Å². The number of aryl methyl sites for hydroxylation is 1. The Morgan fingerprint density at radius 3 is 2.35 bits per heavy atom. The number of rotatable bonds is 10. The number of nitrogens with zero attached hydrogens (tertiary/aromatic N) is 4. The fraction of sp³-hybridized carbons (Fsp3) is 0.382. The first-order valence-electron chi connectivity index (χ1n) is 15.2. The molecule has 0 spiro atoms. The topological polar surface area (TPSA) is 101 Å². The lowest BCUT2D eigenvalue weighted by atomic mass is 10.1. The van der Waals surface area contributed by atoms with E-state index in [4.69, 9.17) is 0 Å². The summed E-state index contributed by atoms with van der Waals surface area (Å²) in [5.74, 6) is -0.649. The second kappa shape index (κ2) is 14.9. The minimum Gasteiger partial charge on any atom is -0.395 e. The Morgan fingerprint density at radius 1 is 0.860 bits per heavy atom. The number of β-amino-alcohol motifs (C(OH)–C–C–N with tert-alkyl or cyclic N) is 1. The van der Waals surface area contributed by atoms with Crippen LogP contribution in [-0.4, -0.2) is 85.4 Å². The van der Waals surface area contributed by atoms with E-state index in [1.165, 1.54) is 6.42 Å². The van der Waals surface area contributed by atoms with Gasteiger partial charge in [0.15, 0.2) is 0 Å². The minimum atomic E-state index is -0.383. The molecule has 3 N–H and O–H groups in total. The van der Waals surface area contributed by atoms with Gasteiger partial charge in [0.2, 0.25) is 0 Å². The molecule has 3 aromatic rings. The molecule has 3 aromatic carbocycles. The number of benzene rings is 3. The summed E-state index contributed by atoms with van der Waals surface area (Å²) in [5.41, 5.74) is 8.07. The second-order valence-electron chi connectivity index (χ2n) is 11.4. The highest BCUT2D eigenvalue weighted by molar-refractivity contribution is 6.09. The zero-order valence-electron chi connectivity index (χ0n) is 25.0. The molecule has 0 aliphatic carbocycles. The third kappa shape index (κ3) is 8.50. The molecule has 2 amide bonds. The summed E-state index contributed by atoms with van der Waals surface area (Å²) in [6.07, 6.45) is 5.07. The lowest BCUT2D eigenvalue weighted by Crippen LogP contribution is -2.46. The number of hydrogen-bond acceptors (Lipinski definition) is 7. The average molecular weight is 583 g/mol. The Hall–Kier alpha value is -4.05. The number of aliphatic hydroxyl groups excluding tert-OH is 1. The highest BCUT2D eigenvalue weighted by Crippen LogP contribution is 2.27. The van der Waals surface area contributed by atoms with Gasteiger partial charge in [-0.05, 0) is 67.6 Å². The Bertz CT molecular complexity index is 1410. The van der Waals surface area contributed by atoms with Crippen molar-refractivity contribution in [3.8, 4) is 0 Å². The first-order chi connectivity index (χ1) is 21.0. The summed E-state index contributed by atoms with van der Waals surface area (Å²) in [6.45, 7) is 9.25. The summed E-state index contributed by atoms with van der Waals surface area (Å²) >= 11 is 0. The number of piperidine rings is 1. The zero-order chi connectivity index (χ0) is 30.0. The fourth-order valence-electron chi connectivity index (χ4n) is 5.63. The van der Waals surface area contributed by atoms with Crippen molar-refractivity contribution in [3.05, 3.63) is 94.5 Å². The van der Waals surface area contributed by atoms with E-state index < -0.39 is 0 Å². The van der Waals surface area contributed by atoms with E-state index >= 15 is 0 Å². The third-order valence-corrected chi connectivity index (χ3v) is 8.15. The van der Waals surface area contributed by atoms with E-state index in [1.807, 2.05) is 67.6 Å². The monoisotopic (exact) mass is 582 g/mol. The van der Waals surface area contributed by atoms with E-state index in [0.717, 1.165) is 81.0 Å². The number of hydrazone groups is 1. The van der Waals surface area contributed by atoms with Crippen LogP contribution in [0.5, 0.6) is 0 Å². The molecule has 2 aliphatic heterocycles. The number of hydrogen-bond donors (Lipinski definition) is 3. The Balaban J connectivity index is 1.29. The van der Waals surface area contributed by atoms with Crippen LogP contribution < -0.4 is 15.6 Å². The first kappa shape index (κ1) is 30.4. The van der Waals surface area contributed by atoms with Crippen LogP contribution in [0.2, 0.25) is 0 Å². The van der Waals surface area contributed by atoms with Crippen LogP contribution in [0.15, 0.2) is 71.8 Å². The van der Waals surface area contributed by atoms with Gasteiger partial charge in [-0.3, -0.25) is 19.4 Å². The van der Waals surface area contributed by atoms with Gasteiger partial charge < -0.3 is 15.3 Å². The van der Waals surface area contributed by atoms with E-state index in [0.29, 0.717) is 23.4 Å². The Labute approximate surface area is 254 Å². The van der Waals surface area contributed by atoms with Crippen molar-refractivity contribution < 1.29 is 14.7 Å². The van der Waals surface area contributed by atoms with Crippen molar-refractivity contribution in [2.45, 2.75) is 32.7 Å². The maximum atomic E-state index is 13.4. The quantitative estimate of drug-likeness (QED) is 0.246. The molecule has 2 fully saturated rings. The first-order valence-corrected chi connectivity index (χ1v) is 15.2. The van der Waals surface area contributed by atoms with E-state index in [2.05, 4.69) is 30.5 Å². The Kier molecular flexibility index (Phi) is 10.5. The highest BCUT2D eigenvalue weighted by atomic mass is 16.3. The molecular formula is C34H42N6O3. The predicted molar refractivity (Wildman–Crippen MR) is 172 cm³/mol. The van der Waals surface area contributed by atoms with Crippen molar-refractivity contribution in [1.29, 1.82) is 0 Å². The lowest BCUT2D eigenvalue weighted by Gasteiger charge is -2.34. The molecule has 0 bridgehead atoms. The van der Waals surface area contributed by atoms with Gasteiger partial charge in [0, 0.05) is 63.6 Å². The molecule has 2 heterocycles. The van der Waals surface area contributed by atoms with E-state index in [-0.39, 0.29) is 18.4 Å². The number of nitrogens with one attached hydrogen (secondary N) is 2. The number of anilines is 2. The van der Waals surface area contributed by atoms with Gasteiger partial charge in [0.25, 0.3) is 11.8 Å². The van der Waals surface area contributed by atoms with Gasteiger partial charge in [-0.2, -0.15) is 5.10 Å². The lowest BCUT2D eigenvalue weighted by molar-refractivity contribution is 0.0956. The molecular weight excluding hydrogens is 540 g/mol. The molecule has 0 saturated carbocycles. The maximum Gasteiger partial charge on any atom is 0.273 e. The van der Waals surface area contributed by atoms with Gasteiger partial charge in [-0.25, -0.2) is 5.43 Å². The van der Waals surface area contributed by atoms with Crippen LogP contribution in [0.1, 0.15) is 56.7 Å². The molecule has 9 nitrogen and oxygen atoms in total. The number of carbonyl (C=O) groups is 2. The molecule has 0 radical (unpaired) electrons. The van der Waals surface area contributed by atoms with Gasteiger partial charge in [-0.15, -0.1) is 0 Å². The second-order valence-corrected chi connectivity index (χ2v) is 11.4. The molecule has 0 unspecified atom stereocenters. The molecule has 2 saturated heterocycles. The smallest absolute Gasteiger partial charge is 0.273 e. The van der Waals surface area contributed by atoms with Crippen molar-refractivity contribution in [1.82, 2.24) is 15.2 Å². The molecule has 0 aromatic heterocycles. The van der Waals surface area contributed by atoms with Gasteiger partial charge in [-0.1, -0.05) is 42.0 Å². The zero-order valence-corrected chi connectivity index (χ0v) is 25.0. The Morgan fingerprint density at radius 2 is 1.60 bits per heavy atom. The number of aliphatic hydroxyl groups is 1. The normalized spacial score (nSPS) is 16.4. The maximum absolute atomic E-state index is 13.4. The van der Waals surface area contributed by atoms with Crippen molar-refractivity contribution >= 4 is 29.4 Å². The van der Waals surface area contributed by atoms with Gasteiger partial charge in [0.1, 0.15) is 0 Å². The predicted octanol–water partition coefficient (Wildman–Crippen LogP) is 4.11. The molecule has 5 rings (SSSR count). The van der Waals surface area contributed by atoms with E-state index in [1.54, 1.807) is 12.3 Å². The van der Waals surface area contributed by atoms with Crippen LogP contribution in [0.3, 0.4) is 0 Å². The average Bonchev–Trinajstić information content (AvgIpc) is 3.04. The molecule has 9 heteroatoms. The van der Waals surface area contributed by atoms with Gasteiger partial charge >= 0.3 is 0 Å². The summed E-state index contributed by atoms with van der Waals surface area (Å²) in [5, 5.41) is 16.4. The largest absolute Gasteiger partial charge is 0.395 e. The van der Waals surface area contributed by atoms with Crippen LogP contribution in [0.25, 0.3) is 0 Å². The van der Waals surface area contributed by atoms with Crippen molar-refractivity contribution in [3.63, 3.8) is 0 Å². The number of carbonyl (C=O) groups excluding carboxylic acids is 2. The van der Waals surface area contributed by atoms with Crippen LogP contribution in [0, 0.1) is 6.92 Å².